The first-order valence-corrected chi connectivity index (χ1v) is 9.39. The lowest BCUT2D eigenvalue weighted by Crippen LogP contribution is -2.43. The fourth-order valence-electron chi connectivity index (χ4n) is 2.64. The van der Waals surface area contributed by atoms with Gasteiger partial charge in [-0.25, -0.2) is 0 Å². The molecule has 2 aromatic rings. The maximum atomic E-state index is 12.6. The number of nitrogen functional groups attached to an aromatic ring is 1. The lowest BCUT2D eigenvalue weighted by atomic mass is 10.2. The van der Waals surface area contributed by atoms with Crippen molar-refractivity contribution in [2.45, 2.75) is 4.90 Å². The van der Waals surface area contributed by atoms with E-state index in [1.807, 2.05) is 0 Å². The Morgan fingerprint density at radius 1 is 1.08 bits per heavy atom. The predicted molar refractivity (Wildman–Crippen MR) is 97.9 cm³/mol. The third-order valence-electron chi connectivity index (χ3n) is 3.93. The van der Waals surface area contributed by atoms with Crippen LogP contribution in [-0.2, 0) is 10.0 Å². The van der Waals surface area contributed by atoms with Crippen molar-refractivity contribution in [2.24, 2.45) is 0 Å². The van der Waals surface area contributed by atoms with E-state index in [4.69, 9.17) is 17.5 Å². The Hall–Kier alpha value is -1.96. The standard InChI is InChI=1S/C16H19ClN4O2S/c17-21(24(22,23)14-4-2-1-3-5-14)13-6-7-15(18)16(12-13)20-10-8-19-9-11-20/h1-7,12,19H,8-11,18H2. The number of nitrogens with two attached hydrogens (primary N) is 1. The van der Waals surface area contributed by atoms with Crippen molar-refractivity contribution in [3.8, 4) is 0 Å². The fraction of sp³-hybridized carbons (Fsp3) is 0.250. The number of nitrogens with zero attached hydrogens (tertiary/aromatic N) is 2. The number of sulfonamides is 1. The number of anilines is 3. The maximum absolute atomic E-state index is 12.6. The largest absolute Gasteiger partial charge is 0.397 e. The number of halogens is 1. The minimum Gasteiger partial charge on any atom is -0.397 e. The Balaban J connectivity index is 1.94. The number of benzene rings is 2. The van der Waals surface area contributed by atoms with Crippen LogP contribution in [0.15, 0.2) is 53.4 Å². The van der Waals surface area contributed by atoms with Gasteiger partial charge in [-0.1, -0.05) is 18.2 Å². The Labute approximate surface area is 147 Å². The van der Waals surface area contributed by atoms with Gasteiger partial charge in [-0.05, 0) is 30.3 Å². The summed E-state index contributed by atoms with van der Waals surface area (Å²) >= 11 is 6.17. The molecule has 0 saturated carbocycles. The first-order chi connectivity index (χ1) is 11.5. The third-order valence-corrected chi connectivity index (χ3v) is 6.17. The third kappa shape index (κ3) is 3.28. The van der Waals surface area contributed by atoms with Gasteiger partial charge in [0, 0.05) is 38.0 Å². The summed E-state index contributed by atoms with van der Waals surface area (Å²) in [5, 5.41) is 3.27. The molecule has 1 aliphatic rings. The molecule has 0 radical (unpaired) electrons. The summed E-state index contributed by atoms with van der Waals surface area (Å²) in [5.41, 5.74) is 7.83. The van der Waals surface area contributed by atoms with Crippen LogP contribution in [0.4, 0.5) is 17.1 Å². The van der Waals surface area contributed by atoms with Crippen molar-refractivity contribution >= 4 is 38.9 Å². The zero-order valence-corrected chi connectivity index (χ0v) is 14.6. The maximum Gasteiger partial charge on any atom is 0.278 e. The second-order valence-electron chi connectivity index (χ2n) is 5.51. The minimum absolute atomic E-state index is 0.139. The zero-order chi connectivity index (χ0) is 17.2. The van der Waals surface area contributed by atoms with Crippen LogP contribution in [0, 0.1) is 0 Å². The van der Waals surface area contributed by atoms with Crippen LogP contribution in [-0.4, -0.2) is 34.6 Å². The van der Waals surface area contributed by atoms with Crippen molar-refractivity contribution in [3.63, 3.8) is 0 Å². The summed E-state index contributed by atoms with van der Waals surface area (Å²) < 4.78 is 26.1. The molecular weight excluding hydrogens is 348 g/mol. The number of hydrogen-bond acceptors (Lipinski definition) is 5. The van der Waals surface area contributed by atoms with Crippen LogP contribution in [0.5, 0.6) is 0 Å². The zero-order valence-electron chi connectivity index (χ0n) is 13.0. The van der Waals surface area contributed by atoms with Crippen LogP contribution in [0.25, 0.3) is 0 Å². The molecule has 128 valence electrons. The minimum atomic E-state index is -3.83. The smallest absolute Gasteiger partial charge is 0.278 e. The van der Waals surface area contributed by atoms with Gasteiger partial charge in [-0.2, -0.15) is 12.2 Å². The first-order valence-electron chi connectivity index (χ1n) is 7.61. The van der Waals surface area contributed by atoms with E-state index < -0.39 is 10.0 Å². The van der Waals surface area contributed by atoms with Crippen molar-refractivity contribution < 1.29 is 8.42 Å². The summed E-state index contributed by atoms with van der Waals surface area (Å²) in [6.45, 7) is 3.33. The molecule has 1 saturated heterocycles. The van der Waals surface area contributed by atoms with Crippen LogP contribution >= 0.6 is 11.8 Å². The van der Waals surface area contributed by atoms with Gasteiger partial charge in [-0.3, -0.25) is 0 Å². The second-order valence-corrected chi connectivity index (χ2v) is 7.84. The van der Waals surface area contributed by atoms with E-state index in [1.54, 1.807) is 36.4 Å². The van der Waals surface area contributed by atoms with E-state index >= 15 is 0 Å². The average molecular weight is 367 g/mol. The van der Waals surface area contributed by atoms with E-state index in [0.717, 1.165) is 35.7 Å². The molecule has 3 N–H and O–H groups in total. The van der Waals surface area contributed by atoms with Crippen molar-refractivity contribution in [2.75, 3.05) is 40.6 Å². The summed E-state index contributed by atoms with van der Waals surface area (Å²) in [7, 11) is -3.83. The molecule has 0 bridgehead atoms. The van der Waals surface area contributed by atoms with Gasteiger partial charge >= 0.3 is 0 Å². The number of hydrogen-bond donors (Lipinski definition) is 2. The molecular formula is C16H19ClN4O2S. The topological polar surface area (TPSA) is 78.7 Å². The molecule has 6 nitrogen and oxygen atoms in total. The summed E-state index contributed by atoms with van der Waals surface area (Å²) in [5.74, 6) is 0. The highest BCUT2D eigenvalue weighted by atomic mass is 35.5. The van der Waals surface area contributed by atoms with E-state index in [0.29, 0.717) is 11.4 Å². The van der Waals surface area contributed by atoms with E-state index in [-0.39, 0.29) is 4.90 Å². The molecule has 24 heavy (non-hydrogen) atoms. The molecule has 0 atom stereocenters. The Kier molecular flexibility index (Phi) is 4.84. The highest BCUT2D eigenvalue weighted by molar-refractivity contribution is 7.94. The van der Waals surface area contributed by atoms with Crippen molar-refractivity contribution in [3.05, 3.63) is 48.5 Å². The van der Waals surface area contributed by atoms with Gasteiger partial charge < -0.3 is 16.0 Å². The van der Waals surface area contributed by atoms with Gasteiger partial charge in [0.25, 0.3) is 10.0 Å². The Morgan fingerprint density at radius 2 is 1.75 bits per heavy atom. The van der Waals surface area contributed by atoms with Gasteiger partial charge in [-0.15, -0.1) is 0 Å². The van der Waals surface area contributed by atoms with E-state index in [1.165, 1.54) is 12.1 Å². The lowest BCUT2D eigenvalue weighted by Gasteiger charge is -2.31. The highest BCUT2D eigenvalue weighted by Gasteiger charge is 2.24. The number of nitrogens with one attached hydrogen (secondary N) is 1. The van der Waals surface area contributed by atoms with Gasteiger partial charge in [0.2, 0.25) is 0 Å². The second kappa shape index (κ2) is 6.88. The SMILES string of the molecule is Nc1ccc(N(Cl)S(=O)(=O)c2ccccc2)cc1N1CCNCC1. The first kappa shape index (κ1) is 16.9. The van der Waals surface area contributed by atoms with Crippen molar-refractivity contribution in [1.29, 1.82) is 0 Å². The van der Waals surface area contributed by atoms with Gasteiger partial charge in [0.05, 0.1) is 22.0 Å². The normalized spacial score (nSPS) is 15.3. The van der Waals surface area contributed by atoms with Crippen LogP contribution in [0.3, 0.4) is 0 Å². The summed E-state index contributed by atoms with van der Waals surface area (Å²) in [6.07, 6.45) is 0. The van der Waals surface area contributed by atoms with E-state index in [2.05, 4.69) is 10.2 Å². The molecule has 1 fully saturated rings. The van der Waals surface area contributed by atoms with Crippen LogP contribution in [0.2, 0.25) is 0 Å². The Morgan fingerprint density at radius 3 is 2.42 bits per heavy atom. The average Bonchev–Trinajstić information content (AvgIpc) is 2.63. The molecule has 0 unspecified atom stereocenters. The van der Waals surface area contributed by atoms with Crippen LogP contribution in [0.1, 0.15) is 0 Å². The van der Waals surface area contributed by atoms with Crippen LogP contribution < -0.4 is 19.8 Å². The molecule has 0 spiro atoms. The molecule has 0 aromatic heterocycles. The Bertz CT molecular complexity index is 808. The fourth-order valence-corrected chi connectivity index (χ4v) is 4.07. The molecule has 0 amide bonds. The molecule has 2 aromatic carbocycles. The molecule has 3 rings (SSSR count). The molecule has 0 aliphatic carbocycles. The predicted octanol–water partition coefficient (Wildman–Crippen LogP) is 2.03. The summed E-state index contributed by atoms with van der Waals surface area (Å²) in [4.78, 5) is 2.26. The summed E-state index contributed by atoms with van der Waals surface area (Å²) in [6, 6.07) is 13.1. The highest BCUT2D eigenvalue weighted by Crippen LogP contribution is 2.33. The number of piperazine rings is 1. The molecule has 8 heteroatoms. The van der Waals surface area contributed by atoms with E-state index in [9.17, 15) is 8.42 Å². The van der Waals surface area contributed by atoms with Gasteiger partial charge in [0.15, 0.2) is 0 Å². The van der Waals surface area contributed by atoms with Crippen molar-refractivity contribution in [1.82, 2.24) is 5.32 Å². The molecule has 1 heterocycles. The number of rotatable bonds is 4. The molecule has 1 aliphatic heterocycles. The lowest BCUT2D eigenvalue weighted by molar-refractivity contribution is 0.589. The quantitative estimate of drug-likeness (QED) is 0.639. The van der Waals surface area contributed by atoms with Gasteiger partial charge in [0.1, 0.15) is 0 Å². The monoisotopic (exact) mass is 366 g/mol.